The van der Waals surface area contributed by atoms with Gasteiger partial charge in [-0.05, 0) is 50.9 Å². The maximum Gasteiger partial charge on any atom is 0.307 e. The summed E-state index contributed by atoms with van der Waals surface area (Å²) in [5.74, 6) is -0.219. The van der Waals surface area contributed by atoms with Gasteiger partial charge in [0.05, 0.1) is 19.2 Å². The summed E-state index contributed by atoms with van der Waals surface area (Å²) in [6, 6.07) is 5.84. The lowest BCUT2D eigenvalue weighted by atomic mass is 10.2. The Morgan fingerprint density at radius 2 is 2.00 bits per heavy atom. The molecule has 0 aromatic heterocycles. The topological polar surface area (TPSA) is 38.3 Å². The molecule has 0 aliphatic carbocycles. The minimum absolute atomic E-state index is 0.0162. The second-order valence-corrected chi connectivity index (χ2v) is 5.13. The van der Waals surface area contributed by atoms with E-state index < -0.39 is 0 Å². The molecule has 0 radical (unpaired) electrons. The Kier molecular flexibility index (Phi) is 5.28. The first-order valence-corrected chi connectivity index (χ1v) is 6.40. The number of anilines is 1. The van der Waals surface area contributed by atoms with E-state index in [0.29, 0.717) is 6.42 Å². The van der Waals surface area contributed by atoms with Gasteiger partial charge in [-0.25, -0.2) is 0 Å². The van der Waals surface area contributed by atoms with Crippen LogP contribution in [0.1, 0.15) is 13.3 Å². The van der Waals surface area contributed by atoms with Crippen molar-refractivity contribution in [1.82, 2.24) is 0 Å². The molecule has 1 N–H and O–H groups in total. The summed E-state index contributed by atoms with van der Waals surface area (Å²) in [7, 11) is 1.39. The molecule has 0 spiro atoms. The van der Waals surface area contributed by atoms with Crippen LogP contribution in [0.2, 0.25) is 0 Å². The van der Waals surface area contributed by atoms with Crippen LogP contribution in [0.15, 0.2) is 27.1 Å². The largest absolute Gasteiger partial charge is 0.469 e. The fourth-order valence-electron chi connectivity index (χ4n) is 1.27. The van der Waals surface area contributed by atoms with Gasteiger partial charge in [-0.2, -0.15) is 0 Å². The molecule has 0 saturated carbocycles. The first kappa shape index (κ1) is 13.5. The van der Waals surface area contributed by atoms with Crippen molar-refractivity contribution in [3.63, 3.8) is 0 Å². The van der Waals surface area contributed by atoms with E-state index in [4.69, 9.17) is 0 Å². The van der Waals surface area contributed by atoms with E-state index in [2.05, 4.69) is 41.9 Å². The number of hydrogen-bond donors (Lipinski definition) is 1. The van der Waals surface area contributed by atoms with E-state index in [1.165, 1.54) is 7.11 Å². The second-order valence-electron chi connectivity index (χ2n) is 3.42. The summed E-state index contributed by atoms with van der Waals surface area (Å²) in [5, 5.41) is 3.25. The lowest BCUT2D eigenvalue weighted by Gasteiger charge is -2.16. The minimum Gasteiger partial charge on any atom is -0.469 e. The third-order valence-corrected chi connectivity index (χ3v) is 3.38. The Labute approximate surface area is 112 Å². The number of halogens is 2. The Morgan fingerprint density at radius 3 is 2.50 bits per heavy atom. The summed E-state index contributed by atoms with van der Waals surface area (Å²) in [4.78, 5) is 11.1. The van der Waals surface area contributed by atoms with Gasteiger partial charge in [0.1, 0.15) is 0 Å². The van der Waals surface area contributed by atoms with Crippen LogP contribution in [0.5, 0.6) is 0 Å². The number of carbonyl (C=O) groups is 1. The van der Waals surface area contributed by atoms with Crippen LogP contribution in [-0.4, -0.2) is 19.1 Å². The summed E-state index contributed by atoms with van der Waals surface area (Å²) in [6.07, 6.45) is 0.338. The number of rotatable bonds is 4. The van der Waals surface area contributed by atoms with Crippen LogP contribution >= 0.6 is 31.9 Å². The molecule has 1 aromatic carbocycles. The quantitative estimate of drug-likeness (QED) is 0.843. The fraction of sp³-hybridized carbons (Fsp3) is 0.364. The van der Waals surface area contributed by atoms with E-state index >= 15 is 0 Å². The van der Waals surface area contributed by atoms with Gasteiger partial charge in [0, 0.05) is 15.0 Å². The highest BCUT2D eigenvalue weighted by atomic mass is 79.9. The lowest BCUT2D eigenvalue weighted by molar-refractivity contribution is -0.140. The molecular formula is C11H13Br2NO2. The minimum atomic E-state index is -0.219. The van der Waals surface area contributed by atoms with E-state index in [1.54, 1.807) is 0 Å². The number of benzene rings is 1. The van der Waals surface area contributed by atoms with Crippen LogP contribution in [0.3, 0.4) is 0 Å². The van der Waals surface area contributed by atoms with E-state index in [-0.39, 0.29) is 12.0 Å². The molecule has 0 aliphatic rings. The van der Waals surface area contributed by atoms with Crippen LogP contribution in [0.4, 0.5) is 5.69 Å². The standard InChI is InChI=1S/C11H13Br2NO2/c1-7(6-10(15)16-2)14-11-8(12)4-3-5-9(11)13/h3-5,7,14H,6H2,1-2H3. The molecule has 1 unspecified atom stereocenters. The molecule has 0 saturated heterocycles. The average molecular weight is 351 g/mol. The Bertz CT molecular complexity index is 362. The molecule has 1 atom stereocenters. The molecule has 3 nitrogen and oxygen atoms in total. The number of ether oxygens (including phenoxy) is 1. The zero-order chi connectivity index (χ0) is 12.1. The third kappa shape index (κ3) is 3.79. The van der Waals surface area contributed by atoms with E-state index in [9.17, 15) is 4.79 Å². The van der Waals surface area contributed by atoms with Crippen LogP contribution in [-0.2, 0) is 9.53 Å². The molecule has 1 rings (SSSR count). The normalized spacial score (nSPS) is 12.0. The fourth-order valence-corrected chi connectivity index (χ4v) is 2.49. The van der Waals surface area contributed by atoms with Crippen LogP contribution in [0, 0.1) is 0 Å². The van der Waals surface area contributed by atoms with Crippen molar-refractivity contribution in [2.75, 3.05) is 12.4 Å². The van der Waals surface area contributed by atoms with Gasteiger partial charge in [0.25, 0.3) is 0 Å². The maximum absolute atomic E-state index is 11.1. The van der Waals surface area contributed by atoms with Crippen molar-refractivity contribution in [2.24, 2.45) is 0 Å². The van der Waals surface area contributed by atoms with Crippen molar-refractivity contribution < 1.29 is 9.53 Å². The molecule has 16 heavy (non-hydrogen) atoms. The molecule has 0 fully saturated rings. The summed E-state index contributed by atoms with van der Waals surface area (Å²) >= 11 is 6.90. The number of para-hydroxylation sites is 1. The summed E-state index contributed by atoms with van der Waals surface area (Å²) < 4.78 is 6.53. The predicted octanol–water partition coefficient (Wildman–Crippen LogP) is 3.58. The number of nitrogens with one attached hydrogen (secondary N) is 1. The van der Waals surface area contributed by atoms with Gasteiger partial charge >= 0.3 is 5.97 Å². The number of esters is 1. The van der Waals surface area contributed by atoms with E-state index in [0.717, 1.165) is 14.6 Å². The number of hydrogen-bond acceptors (Lipinski definition) is 3. The highest BCUT2D eigenvalue weighted by Crippen LogP contribution is 2.31. The smallest absolute Gasteiger partial charge is 0.307 e. The highest BCUT2D eigenvalue weighted by molar-refractivity contribution is 9.11. The predicted molar refractivity (Wildman–Crippen MR) is 71.6 cm³/mol. The summed E-state index contributed by atoms with van der Waals surface area (Å²) in [5.41, 5.74) is 0.943. The van der Waals surface area contributed by atoms with Crippen molar-refractivity contribution in [1.29, 1.82) is 0 Å². The molecule has 88 valence electrons. The van der Waals surface area contributed by atoms with Gasteiger partial charge in [-0.3, -0.25) is 4.79 Å². The maximum atomic E-state index is 11.1. The highest BCUT2D eigenvalue weighted by Gasteiger charge is 2.12. The van der Waals surface area contributed by atoms with Gasteiger partial charge in [-0.1, -0.05) is 6.07 Å². The first-order valence-electron chi connectivity index (χ1n) is 4.82. The molecule has 0 amide bonds. The SMILES string of the molecule is COC(=O)CC(C)Nc1c(Br)cccc1Br. The zero-order valence-electron chi connectivity index (χ0n) is 9.09. The molecule has 1 aromatic rings. The van der Waals surface area contributed by atoms with Gasteiger partial charge in [0.2, 0.25) is 0 Å². The Morgan fingerprint density at radius 1 is 1.44 bits per heavy atom. The first-order chi connectivity index (χ1) is 7.54. The lowest BCUT2D eigenvalue weighted by Crippen LogP contribution is -2.20. The van der Waals surface area contributed by atoms with Crippen LogP contribution < -0.4 is 5.32 Å². The monoisotopic (exact) mass is 349 g/mol. The number of carbonyl (C=O) groups excluding carboxylic acids is 1. The van der Waals surface area contributed by atoms with Crippen molar-refractivity contribution in [3.05, 3.63) is 27.1 Å². The number of methoxy groups -OCH3 is 1. The van der Waals surface area contributed by atoms with Gasteiger partial charge in [-0.15, -0.1) is 0 Å². The van der Waals surface area contributed by atoms with Crippen LogP contribution in [0.25, 0.3) is 0 Å². The van der Waals surface area contributed by atoms with Gasteiger partial charge < -0.3 is 10.1 Å². The molecule has 5 heteroatoms. The Hall–Kier alpha value is -0.550. The van der Waals surface area contributed by atoms with Crippen molar-refractivity contribution in [2.45, 2.75) is 19.4 Å². The zero-order valence-corrected chi connectivity index (χ0v) is 12.3. The Balaban J connectivity index is 2.69. The van der Waals surface area contributed by atoms with Crippen molar-refractivity contribution >= 4 is 43.5 Å². The molecule has 0 bridgehead atoms. The van der Waals surface area contributed by atoms with E-state index in [1.807, 2.05) is 25.1 Å². The third-order valence-electron chi connectivity index (χ3n) is 2.05. The molecular weight excluding hydrogens is 338 g/mol. The van der Waals surface area contributed by atoms with Crippen molar-refractivity contribution in [3.8, 4) is 0 Å². The average Bonchev–Trinajstić information content (AvgIpc) is 2.23. The van der Waals surface area contributed by atoms with Gasteiger partial charge in [0.15, 0.2) is 0 Å². The second kappa shape index (κ2) is 6.25. The molecule has 0 aliphatic heterocycles. The summed E-state index contributed by atoms with van der Waals surface area (Å²) in [6.45, 7) is 1.93. The molecule has 0 heterocycles.